The first-order chi connectivity index (χ1) is 14.4. The molecule has 8 nitrogen and oxygen atoms in total. The Kier molecular flexibility index (Phi) is 7.55. The molecular weight excluding hydrogens is 441 g/mol. The number of pyridine rings is 1. The third kappa shape index (κ3) is 6.14. The second kappa shape index (κ2) is 9.73. The average Bonchev–Trinajstić information content (AvgIpc) is 2.70. The fraction of sp³-hybridized carbons (Fsp3) is 0.316. The minimum Gasteiger partial charge on any atom is -0.483 e. The normalized spacial score (nSPS) is 11.2. The first-order valence-corrected chi connectivity index (χ1v) is 9.27. The standard InChI is InChI=1S/C19H20ClF3N4O4/c1-10-5-13(19(21,22)23)17(24)18(30)27(10)8-15(28)26-7-11-6-12(20)3-4-14(11)31-9-16(29)25-2/h3-6H,7-9,24H2,1-2H3,(H,25,29)(H,26,28). The smallest absolute Gasteiger partial charge is 0.418 e. The fourth-order valence-corrected chi connectivity index (χ4v) is 2.85. The van der Waals surface area contributed by atoms with Crippen molar-refractivity contribution in [1.29, 1.82) is 0 Å². The number of carbonyl (C=O) groups is 2. The van der Waals surface area contributed by atoms with Crippen LogP contribution in [-0.4, -0.2) is 30.0 Å². The van der Waals surface area contributed by atoms with Gasteiger partial charge in [-0.05, 0) is 31.2 Å². The van der Waals surface area contributed by atoms with Gasteiger partial charge in [-0.2, -0.15) is 13.2 Å². The van der Waals surface area contributed by atoms with Crippen molar-refractivity contribution >= 4 is 29.1 Å². The van der Waals surface area contributed by atoms with E-state index < -0.39 is 35.4 Å². The van der Waals surface area contributed by atoms with E-state index in [4.69, 9.17) is 22.1 Å². The number of hydrogen-bond acceptors (Lipinski definition) is 5. The number of ether oxygens (including phenoxy) is 1. The summed E-state index contributed by atoms with van der Waals surface area (Å²) in [4.78, 5) is 35.9. The molecule has 1 heterocycles. The Hall–Kier alpha value is -3.21. The van der Waals surface area contributed by atoms with Crippen LogP contribution in [0.25, 0.3) is 0 Å². The van der Waals surface area contributed by atoms with Gasteiger partial charge >= 0.3 is 6.18 Å². The van der Waals surface area contributed by atoms with Crippen molar-refractivity contribution in [2.24, 2.45) is 0 Å². The van der Waals surface area contributed by atoms with E-state index in [1.165, 1.54) is 26.1 Å². The zero-order chi connectivity index (χ0) is 23.3. The number of aryl methyl sites for hydroxylation is 1. The van der Waals surface area contributed by atoms with Gasteiger partial charge in [-0.1, -0.05) is 11.6 Å². The van der Waals surface area contributed by atoms with E-state index in [0.717, 1.165) is 4.57 Å². The van der Waals surface area contributed by atoms with Crippen LogP contribution in [-0.2, 0) is 28.9 Å². The molecule has 0 aliphatic carbocycles. The van der Waals surface area contributed by atoms with Gasteiger partial charge in [0, 0.05) is 29.9 Å². The predicted molar refractivity (Wildman–Crippen MR) is 108 cm³/mol. The molecule has 0 atom stereocenters. The van der Waals surface area contributed by atoms with Crippen molar-refractivity contribution in [1.82, 2.24) is 15.2 Å². The van der Waals surface area contributed by atoms with Crippen molar-refractivity contribution < 1.29 is 27.5 Å². The molecule has 12 heteroatoms. The van der Waals surface area contributed by atoms with Gasteiger partial charge in [-0.15, -0.1) is 0 Å². The Morgan fingerprint density at radius 2 is 1.90 bits per heavy atom. The number of nitrogens with one attached hydrogen (secondary N) is 2. The molecular formula is C19H20ClF3N4O4. The third-order valence-electron chi connectivity index (χ3n) is 4.29. The molecule has 4 N–H and O–H groups in total. The van der Waals surface area contributed by atoms with Gasteiger partial charge in [0.25, 0.3) is 11.5 Å². The summed E-state index contributed by atoms with van der Waals surface area (Å²) in [6, 6.07) is 5.30. The van der Waals surface area contributed by atoms with Crippen LogP contribution in [0.4, 0.5) is 18.9 Å². The van der Waals surface area contributed by atoms with Crippen LogP contribution in [0, 0.1) is 6.92 Å². The number of alkyl halides is 3. The Labute approximate surface area is 180 Å². The van der Waals surface area contributed by atoms with Gasteiger partial charge < -0.3 is 25.7 Å². The summed E-state index contributed by atoms with van der Waals surface area (Å²) in [5.41, 5.74) is 2.39. The molecule has 0 saturated heterocycles. The van der Waals surface area contributed by atoms with Crippen LogP contribution in [0.2, 0.25) is 5.02 Å². The summed E-state index contributed by atoms with van der Waals surface area (Å²) in [5.74, 6) is -0.707. The first-order valence-electron chi connectivity index (χ1n) is 8.89. The van der Waals surface area contributed by atoms with Crippen molar-refractivity contribution in [3.63, 3.8) is 0 Å². The molecule has 0 radical (unpaired) electrons. The number of nitrogens with two attached hydrogens (primary N) is 1. The van der Waals surface area contributed by atoms with E-state index in [9.17, 15) is 27.6 Å². The zero-order valence-electron chi connectivity index (χ0n) is 16.6. The number of nitrogen functional groups attached to an aromatic ring is 1. The van der Waals surface area contributed by atoms with E-state index in [1.807, 2.05) is 0 Å². The topological polar surface area (TPSA) is 115 Å². The predicted octanol–water partition coefficient (Wildman–Crippen LogP) is 1.85. The number of anilines is 1. The lowest BCUT2D eigenvalue weighted by atomic mass is 10.1. The van der Waals surface area contributed by atoms with Crippen LogP contribution in [0.5, 0.6) is 5.75 Å². The molecule has 0 saturated carbocycles. The maximum atomic E-state index is 13.0. The van der Waals surface area contributed by atoms with E-state index in [-0.39, 0.29) is 24.8 Å². The molecule has 0 unspecified atom stereocenters. The summed E-state index contributed by atoms with van der Waals surface area (Å²) >= 11 is 5.96. The SMILES string of the molecule is CNC(=O)COc1ccc(Cl)cc1CNC(=O)Cn1c(C)cc(C(F)(F)F)c(N)c1=O. The molecule has 0 aliphatic rings. The Morgan fingerprint density at radius 1 is 1.23 bits per heavy atom. The van der Waals surface area contributed by atoms with Crippen molar-refractivity contribution in [3.8, 4) is 5.75 Å². The van der Waals surface area contributed by atoms with Gasteiger partial charge in [0.2, 0.25) is 5.91 Å². The van der Waals surface area contributed by atoms with E-state index in [1.54, 1.807) is 6.07 Å². The highest BCUT2D eigenvalue weighted by Gasteiger charge is 2.35. The molecule has 1 aromatic carbocycles. The number of hydrogen-bond donors (Lipinski definition) is 3. The fourth-order valence-electron chi connectivity index (χ4n) is 2.65. The van der Waals surface area contributed by atoms with E-state index >= 15 is 0 Å². The highest BCUT2D eigenvalue weighted by molar-refractivity contribution is 6.30. The van der Waals surface area contributed by atoms with Gasteiger partial charge in [0.05, 0.1) is 5.56 Å². The summed E-state index contributed by atoms with van der Waals surface area (Å²) in [5, 5.41) is 5.29. The molecule has 168 valence electrons. The van der Waals surface area contributed by atoms with Crippen molar-refractivity contribution in [3.05, 3.63) is 56.5 Å². The minimum absolute atomic E-state index is 0.0631. The molecule has 0 bridgehead atoms. The highest BCUT2D eigenvalue weighted by Crippen LogP contribution is 2.32. The summed E-state index contributed by atoms with van der Waals surface area (Å²) in [7, 11) is 1.45. The Balaban J connectivity index is 2.15. The largest absolute Gasteiger partial charge is 0.483 e. The van der Waals surface area contributed by atoms with Crippen LogP contribution in [0.15, 0.2) is 29.1 Å². The number of benzene rings is 1. The number of amides is 2. The molecule has 0 spiro atoms. The molecule has 2 aromatic rings. The van der Waals surface area contributed by atoms with Crippen LogP contribution >= 0.6 is 11.6 Å². The summed E-state index contributed by atoms with van der Waals surface area (Å²) in [6.07, 6.45) is -4.78. The molecule has 2 rings (SSSR count). The number of rotatable bonds is 7. The number of aromatic nitrogens is 1. The van der Waals surface area contributed by atoms with Crippen LogP contribution < -0.4 is 26.7 Å². The zero-order valence-corrected chi connectivity index (χ0v) is 17.4. The average molecular weight is 461 g/mol. The van der Waals surface area contributed by atoms with E-state index in [2.05, 4.69) is 10.6 Å². The Morgan fingerprint density at radius 3 is 2.52 bits per heavy atom. The Bertz CT molecular complexity index is 1050. The highest BCUT2D eigenvalue weighted by atomic mass is 35.5. The third-order valence-corrected chi connectivity index (χ3v) is 4.52. The number of likely N-dealkylation sites (N-methyl/N-ethyl adjacent to an activating group) is 1. The maximum Gasteiger partial charge on any atom is 0.418 e. The van der Waals surface area contributed by atoms with E-state index in [0.29, 0.717) is 22.4 Å². The first kappa shape index (κ1) is 24.1. The summed E-state index contributed by atoms with van der Waals surface area (Å²) < 4.78 is 45.1. The van der Waals surface area contributed by atoms with Crippen LogP contribution in [0.1, 0.15) is 16.8 Å². The van der Waals surface area contributed by atoms with Gasteiger partial charge in [0.15, 0.2) is 6.61 Å². The summed E-state index contributed by atoms with van der Waals surface area (Å²) in [6.45, 7) is 0.415. The lowest BCUT2D eigenvalue weighted by molar-refractivity contribution is -0.137. The second-order valence-corrected chi connectivity index (χ2v) is 6.93. The number of halogens is 4. The van der Waals surface area contributed by atoms with Crippen molar-refractivity contribution in [2.45, 2.75) is 26.2 Å². The van der Waals surface area contributed by atoms with Gasteiger partial charge in [0.1, 0.15) is 18.0 Å². The van der Waals surface area contributed by atoms with Gasteiger partial charge in [-0.3, -0.25) is 14.4 Å². The van der Waals surface area contributed by atoms with Crippen LogP contribution in [0.3, 0.4) is 0 Å². The molecule has 1 aromatic heterocycles. The molecule has 0 fully saturated rings. The number of nitrogens with zero attached hydrogens (tertiary/aromatic N) is 1. The molecule has 2 amide bonds. The van der Waals surface area contributed by atoms with Crippen molar-refractivity contribution in [2.75, 3.05) is 19.4 Å². The second-order valence-electron chi connectivity index (χ2n) is 6.49. The monoisotopic (exact) mass is 460 g/mol. The van der Waals surface area contributed by atoms with Gasteiger partial charge in [-0.25, -0.2) is 0 Å². The number of carbonyl (C=O) groups excluding carboxylic acids is 2. The molecule has 0 aliphatic heterocycles. The quantitative estimate of drug-likeness (QED) is 0.583. The maximum absolute atomic E-state index is 13.0. The minimum atomic E-state index is -4.78. The molecule has 31 heavy (non-hydrogen) atoms. The lowest BCUT2D eigenvalue weighted by Gasteiger charge is -2.16. The lowest BCUT2D eigenvalue weighted by Crippen LogP contribution is -2.35.